The number of hydrogen-bond donors (Lipinski definition) is 1. The summed E-state index contributed by atoms with van der Waals surface area (Å²) in [6, 6.07) is 2.42. The Morgan fingerprint density at radius 1 is 1.47 bits per heavy atom. The number of nitrogens with one attached hydrogen (secondary N) is 1. The maximum Gasteiger partial charge on any atom is 0.131 e. The van der Waals surface area contributed by atoms with Crippen LogP contribution in [-0.2, 0) is 13.0 Å². The minimum Gasteiger partial charge on any atom is -0.334 e. The van der Waals surface area contributed by atoms with E-state index < -0.39 is 0 Å². The molecular formula is C13H19N3S. The molecule has 0 saturated heterocycles. The highest BCUT2D eigenvalue weighted by Crippen LogP contribution is 2.29. The van der Waals surface area contributed by atoms with Gasteiger partial charge in [0.2, 0.25) is 0 Å². The van der Waals surface area contributed by atoms with Gasteiger partial charge in [0.25, 0.3) is 0 Å². The monoisotopic (exact) mass is 249 g/mol. The smallest absolute Gasteiger partial charge is 0.131 e. The van der Waals surface area contributed by atoms with Crippen LogP contribution in [0.5, 0.6) is 0 Å². The molecule has 0 amide bonds. The average molecular weight is 249 g/mol. The number of nitrogens with zero attached hydrogens (tertiary/aromatic N) is 2. The Bertz CT molecular complexity index is 430. The summed E-state index contributed by atoms with van der Waals surface area (Å²) in [6.45, 7) is 5.30. The molecule has 4 heteroatoms. The van der Waals surface area contributed by atoms with E-state index in [4.69, 9.17) is 0 Å². The second kappa shape index (κ2) is 5.47. The fourth-order valence-electron chi connectivity index (χ4n) is 2.12. The van der Waals surface area contributed by atoms with Gasteiger partial charge in [-0.15, -0.1) is 11.3 Å². The number of aryl methyl sites for hydroxylation is 2. The summed E-state index contributed by atoms with van der Waals surface area (Å²) in [4.78, 5) is 5.88. The predicted molar refractivity (Wildman–Crippen MR) is 72.5 cm³/mol. The second-order valence-electron chi connectivity index (χ2n) is 3.96. The molecule has 1 unspecified atom stereocenters. The Balaban J connectivity index is 2.40. The lowest BCUT2D eigenvalue weighted by Gasteiger charge is -2.17. The van der Waals surface area contributed by atoms with E-state index in [-0.39, 0.29) is 6.04 Å². The minimum atomic E-state index is 0.208. The highest BCUT2D eigenvalue weighted by molar-refractivity contribution is 7.10. The molecule has 0 aliphatic heterocycles. The first-order valence-corrected chi connectivity index (χ1v) is 6.94. The fraction of sp³-hybridized carbons (Fsp3) is 0.462. The van der Waals surface area contributed by atoms with Gasteiger partial charge in [-0.3, -0.25) is 0 Å². The van der Waals surface area contributed by atoms with Crippen LogP contribution in [0.25, 0.3) is 0 Å². The van der Waals surface area contributed by atoms with Gasteiger partial charge in [-0.05, 0) is 37.4 Å². The zero-order chi connectivity index (χ0) is 12.3. The molecule has 1 N–H and O–H groups in total. The summed E-state index contributed by atoms with van der Waals surface area (Å²) in [5.74, 6) is 1.10. The van der Waals surface area contributed by atoms with Crippen molar-refractivity contribution >= 4 is 11.3 Å². The van der Waals surface area contributed by atoms with E-state index in [1.807, 2.05) is 30.8 Å². The van der Waals surface area contributed by atoms with Gasteiger partial charge in [0.15, 0.2) is 0 Å². The molecule has 0 aliphatic carbocycles. The van der Waals surface area contributed by atoms with Crippen molar-refractivity contribution in [1.82, 2.24) is 14.9 Å². The first-order valence-electron chi connectivity index (χ1n) is 6.06. The summed E-state index contributed by atoms with van der Waals surface area (Å²) in [5, 5.41) is 5.55. The first kappa shape index (κ1) is 12.3. The standard InChI is InChI=1S/C13H19N3S/c1-4-10-6-9-17-12(10)11(14-3)13-15-7-8-16(13)5-2/h6-9,11,14H,4-5H2,1-3H3. The van der Waals surface area contributed by atoms with Crippen LogP contribution < -0.4 is 5.32 Å². The van der Waals surface area contributed by atoms with E-state index in [0.29, 0.717) is 0 Å². The van der Waals surface area contributed by atoms with Crippen molar-refractivity contribution in [2.24, 2.45) is 0 Å². The lowest BCUT2D eigenvalue weighted by molar-refractivity contribution is 0.594. The minimum absolute atomic E-state index is 0.208. The SMILES string of the molecule is CCc1ccsc1C(NC)c1nccn1CC. The van der Waals surface area contributed by atoms with Gasteiger partial charge >= 0.3 is 0 Å². The van der Waals surface area contributed by atoms with Gasteiger partial charge in [-0.2, -0.15) is 0 Å². The molecule has 2 aromatic heterocycles. The lowest BCUT2D eigenvalue weighted by Crippen LogP contribution is -2.21. The van der Waals surface area contributed by atoms with Crippen LogP contribution in [0.15, 0.2) is 23.8 Å². The number of imidazole rings is 1. The van der Waals surface area contributed by atoms with Crippen LogP contribution >= 0.6 is 11.3 Å². The molecular weight excluding hydrogens is 230 g/mol. The number of rotatable bonds is 5. The molecule has 2 rings (SSSR count). The quantitative estimate of drug-likeness (QED) is 0.883. The number of thiophene rings is 1. The molecule has 0 fully saturated rings. The van der Waals surface area contributed by atoms with Crippen molar-refractivity contribution in [3.63, 3.8) is 0 Å². The van der Waals surface area contributed by atoms with Gasteiger partial charge in [0.05, 0.1) is 0 Å². The maximum atomic E-state index is 4.50. The molecule has 2 aromatic rings. The van der Waals surface area contributed by atoms with Crippen LogP contribution in [-0.4, -0.2) is 16.6 Å². The van der Waals surface area contributed by atoms with Crippen LogP contribution in [0.1, 0.15) is 36.2 Å². The van der Waals surface area contributed by atoms with Gasteiger partial charge in [-0.25, -0.2) is 4.98 Å². The Kier molecular flexibility index (Phi) is 3.97. The molecule has 0 radical (unpaired) electrons. The lowest BCUT2D eigenvalue weighted by atomic mass is 10.1. The molecule has 0 saturated carbocycles. The fourth-order valence-corrected chi connectivity index (χ4v) is 3.22. The van der Waals surface area contributed by atoms with Gasteiger partial charge < -0.3 is 9.88 Å². The van der Waals surface area contributed by atoms with E-state index in [1.165, 1.54) is 10.4 Å². The van der Waals surface area contributed by atoms with Gasteiger partial charge in [0, 0.05) is 23.8 Å². The molecule has 92 valence electrons. The predicted octanol–water partition coefficient (Wildman–Crippen LogP) is 2.84. The Labute approximate surface area is 107 Å². The zero-order valence-electron chi connectivity index (χ0n) is 10.6. The third-order valence-corrected chi connectivity index (χ3v) is 4.08. The van der Waals surface area contributed by atoms with Crippen molar-refractivity contribution < 1.29 is 0 Å². The normalized spacial score (nSPS) is 12.9. The maximum absolute atomic E-state index is 4.50. The summed E-state index contributed by atoms with van der Waals surface area (Å²) in [5.41, 5.74) is 1.42. The number of aromatic nitrogens is 2. The van der Waals surface area contributed by atoms with Gasteiger partial charge in [-0.1, -0.05) is 6.92 Å². The Morgan fingerprint density at radius 3 is 2.94 bits per heavy atom. The third kappa shape index (κ3) is 2.28. The van der Waals surface area contributed by atoms with Crippen molar-refractivity contribution in [3.8, 4) is 0 Å². The topological polar surface area (TPSA) is 29.9 Å². The molecule has 0 bridgehead atoms. The van der Waals surface area contributed by atoms with Crippen LogP contribution in [0.4, 0.5) is 0 Å². The van der Waals surface area contributed by atoms with Crippen LogP contribution in [0.2, 0.25) is 0 Å². The average Bonchev–Trinajstić information content (AvgIpc) is 2.98. The molecule has 0 aliphatic rings. The number of hydrogen-bond acceptors (Lipinski definition) is 3. The second-order valence-corrected chi connectivity index (χ2v) is 4.90. The van der Waals surface area contributed by atoms with Crippen molar-refractivity contribution in [1.29, 1.82) is 0 Å². The van der Waals surface area contributed by atoms with E-state index in [1.54, 1.807) is 0 Å². The summed E-state index contributed by atoms with van der Waals surface area (Å²) < 4.78 is 2.19. The molecule has 2 heterocycles. The molecule has 1 atom stereocenters. The zero-order valence-corrected chi connectivity index (χ0v) is 11.4. The Morgan fingerprint density at radius 2 is 2.29 bits per heavy atom. The molecule has 0 spiro atoms. The van der Waals surface area contributed by atoms with E-state index >= 15 is 0 Å². The molecule has 17 heavy (non-hydrogen) atoms. The Hall–Kier alpha value is -1.13. The largest absolute Gasteiger partial charge is 0.334 e. The van der Waals surface area contributed by atoms with E-state index in [2.05, 4.69) is 40.2 Å². The van der Waals surface area contributed by atoms with Crippen LogP contribution in [0, 0.1) is 0 Å². The highest BCUT2D eigenvalue weighted by atomic mass is 32.1. The summed E-state index contributed by atoms with van der Waals surface area (Å²) in [7, 11) is 2.00. The van der Waals surface area contributed by atoms with Crippen molar-refractivity contribution in [2.45, 2.75) is 32.9 Å². The van der Waals surface area contributed by atoms with Crippen molar-refractivity contribution in [3.05, 3.63) is 40.1 Å². The first-order chi connectivity index (χ1) is 8.31. The van der Waals surface area contributed by atoms with Crippen molar-refractivity contribution in [2.75, 3.05) is 7.05 Å². The summed E-state index contributed by atoms with van der Waals surface area (Å²) >= 11 is 1.81. The van der Waals surface area contributed by atoms with Crippen LogP contribution in [0.3, 0.4) is 0 Å². The van der Waals surface area contributed by atoms with E-state index in [9.17, 15) is 0 Å². The van der Waals surface area contributed by atoms with E-state index in [0.717, 1.165) is 18.8 Å². The van der Waals surface area contributed by atoms with Gasteiger partial charge in [0.1, 0.15) is 11.9 Å². The third-order valence-electron chi connectivity index (χ3n) is 3.06. The highest BCUT2D eigenvalue weighted by Gasteiger charge is 2.20. The molecule has 0 aromatic carbocycles. The molecule has 3 nitrogen and oxygen atoms in total. The summed E-state index contributed by atoms with van der Waals surface area (Å²) in [6.07, 6.45) is 4.99.